The van der Waals surface area contributed by atoms with Gasteiger partial charge in [0, 0.05) is 17.9 Å². The lowest BCUT2D eigenvalue weighted by Crippen LogP contribution is -2.04. The number of hydrogen-bond acceptors (Lipinski definition) is 2. The normalized spacial score (nSPS) is 10.7. The van der Waals surface area contributed by atoms with Crippen molar-refractivity contribution in [2.45, 2.75) is 18.9 Å². The van der Waals surface area contributed by atoms with Crippen LogP contribution in [0.4, 0.5) is 4.39 Å². The number of rotatable bonds is 4. The van der Waals surface area contributed by atoms with Crippen molar-refractivity contribution >= 4 is 15.9 Å². The number of aromatic nitrogens is 2. The average molecular weight is 313 g/mol. The topological polar surface area (TPSA) is 27.1 Å². The van der Waals surface area contributed by atoms with Gasteiger partial charge >= 0.3 is 0 Å². The van der Waals surface area contributed by atoms with Crippen LogP contribution in [0.25, 0.3) is 0 Å². The Morgan fingerprint density at radius 1 is 1.39 bits per heavy atom. The van der Waals surface area contributed by atoms with Crippen molar-refractivity contribution in [2.24, 2.45) is 7.05 Å². The van der Waals surface area contributed by atoms with E-state index in [4.69, 9.17) is 4.74 Å². The van der Waals surface area contributed by atoms with Gasteiger partial charge in [0.05, 0.1) is 11.4 Å². The summed E-state index contributed by atoms with van der Waals surface area (Å²) in [5.41, 5.74) is 2.74. The molecule has 0 atom stereocenters. The van der Waals surface area contributed by atoms with Crippen molar-refractivity contribution in [3.8, 4) is 5.75 Å². The highest BCUT2D eigenvalue weighted by molar-refractivity contribution is 9.08. The van der Waals surface area contributed by atoms with Crippen LogP contribution in [0.5, 0.6) is 5.75 Å². The van der Waals surface area contributed by atoms with Crippen molar-refractivity contribution in [3.05, 3.63) is 47.0 Å². The van der Waals surface area contributed by atoms with Gasteiger partial charge in [-0.05, 0) is 31.2 Å². The molecule has 0 N–H and O–H groups in total. The number of nitrogens with zero attached hydrogens (tertiary/aromatic N) is 2. The lowest BCUT2D eigenvalue weighted by Gasteiger charge is -2.10. The maximum absolute atomic E-state index is 13.1. The van der Waals surface area contributed by atoms with Gasteiger partial charge < -0.3 is 4.74 Å². The van der Waals surface area contributed by atoms with E-state index in [2.05, 4.69) is 21.0 Å². The fourth-order valence-electron chi connectivity index (χ4n) is 1.74. The van der Waals surface area contributed by atoms with Crippen LogP contribution in [-0.2, 0) is 19.0 Å². The Hall–Kier alpha value is -1.36. The summed E-state index contributed by atoms with van der Waals surface area (Å²) in [6, 6.07) is 6.49. The monoisotopic (exact) mass is 312 g/mol. The fourth-order valence-corrected chi connectivity index (χ4v) is 2.18. The number of aryl methyl sites for hydroxylation is 2. The van der Waals surface area contributed by atoms with Crippen LogP contribution in [-0.4, -0.2) is 9.78 Å². The average Bonchev–Trinajstić information content (AvgIpc) is 2.66. The molecule has 0 unspecified atom stereocenters. The van der Waals surface area contributed by atoms with Crippen LogP contribution in [0.3, 0.4) is 0 Å². The Kier molecular flexibility index (Phi) is 4.01. The quantitative estimate of drug-likeness (QED) is 0.810. The van der Waals surface area contributed by atoms with E-state index in [0.717, 1.165) is 17.0 Å². The van der Waals surface area contributed by atoms with Gasteiger partial charge in [0.1, 0.15) is 18.2 Å². The first-order chi connectivity index (χ1) is 8.60. The van der Waals surface area contributed by atoms with Crippen LogP contribution in [0.15, 0.2) is 24.3 Å². The van der Waals surface area contributed by atoms with E-state index in [1.54, 1.807) is 10.7 Å². The molecule has 0 spiro atoms. The highest BCUT2D eigenvalue weighted by Gasteiger charge is 2.07. The van der Waals surface area contributed by atoms with Crippen molar-refractivity contribution in [1.29, 1.82) is 0 Å². The van der Waals surface area contributed by atoms with Crippen molar-refractivity contribution in [3.63, 3.8) is 0 Å². The Morgan fingerprint density at radius 2 is 2.17 bits per heavy atom. The minimum absolute atomic E-state index is 0.256. The molecule has 1 heterocycles. The minimum Gasteiger partial charge on any atom is -0.487 e. The SMILES string of the molecule is Cc1cc(COc2ccc(F)cc2CBr)n(C)n1. The molecule has 0 aliphatic rings. The molecule has 5 heteroatoms. The van der Waals surface area contributed by atoms with Gasteiger partial charge in [-0.1, -0.05) is 15.9 Å². The van der Waals surface area contributed by atoms with E-state index < -0.39 is 0 Å². The summed E-state index contributed by atoms with van der Waals surface area (Å²) in [5.74, 6) is 0.431. The van der Waals surface area contributed by atoms with Crippen LogP contribution in [0.2, 0.25) is 0 Å². The van der Waals surface area contributed by atoms with E-state index in [1.807, 2.05) is 20.0 Å². The Labute approximate surface area is 114 Å². The molecule has 3 nitrogen and oxygen atoms in total. The molecular formula is C13H14BrFN2O. The first-order valence-electron chi connectivity index (χ1n) is 5.57. The van der Waals surface area contributed by atoms with Gasteiger partial charge in [0.25, 0.3) is 0 Å². The van der Waals surface area contributed by atoms with Gasteiger partial charge in [-0.3, -0.25) is 4.68 Å². The number of benzene rings is 1. The van der Waals surface area contributed by atoms with E-state index in [-0.39, 0.29) is 5.82 Å². The highest BCUT2D eigenvalue weighted by atomic mass is 79.9. The largest absolute Gasteiger partial charge is 0.487 e. The van der Waals surface area contributed by atoms with E-state index in [9.17, 15) is 4.39 Å². The Balaban J connectivity index is 2.13. The molecule has 1 aromatic heterocycles. The lowest BCUT2D eigenvalue weighted by atomic mass is 10.2. The molecule has 0 amide bonds. The standard InChI is InChI=1S/C13H14BrFN2O/c1-9-5-12(17(2)16-9)8-18-13-4-3-11(15)6-10(13)7-14/h3-6H,7-8H2,1-2H3. The summed E-state index contributed by atoms with van der Waals surface area (Å²) in [6.07, 6.45) is 0. The molecule has 18 heavy (non-hydrogen) atoms. The second-order valence-corrected chi connectivity index (χ2v) is 4.64. The molecule has 0 saturated heterocycles. The maximum Gasteiger partial charge on any atom is 0.130 e. The summed E-state index contributed by atoms with van der Waals surface area (Å²) in [5, 5.41) is 4.81. The molecule has 0 fully saturated rings. The second kappa shape index (κ2) is 5.52. The van der Waals surface area contributed by atoms with Crippen LogP contribution < -0.4 is 4.74 Å². The molecule has 96 valence electrons. The minimum atomic E-state index is -0.256. The molecule has 1 aromatic carbocycles. The predicted octanol–water partition coefficient (Wildman–Crippen LogP) is 3.34. The molecule has 0 radical (unpaired) electrons. The smallest absolute Gasteiger partial charge is 0.130 e. The number of hydrogen-bond donors (Lipinski definition) is 0. The van der Waals surface area contributed by atoms with Crippen LogP contribution in [0, 0.1) is 12.7 Å². The Morgan fingerprint density at radius 3 is 2.78 bits per heavy atom. The fraction of sp³-hybridized carbons (Fsp3) is 0.308. The zero-order valence-electron chi connectivity index (χ0n) is 10.3. The Bertz CT molecular complexity index is 554. The predicted molar refractivity (Wildman–Crippen MR) is 71.3 cm³/mol. The highest BCUT2D eigenvalue weighted by Crippen LogP contribution is 2.23. The number of ether oxygens (including phenoxy) is 1. The zero-order chi connectivity index (χ0) is 13.1. The van der Waals surface area contributed by atoms with Crippen LogP contribution >= 0.6 is 15.9 Å². The summed E-state index contributed by atoms with van der Waals surface area (Å²) in [6.45, 7) is 2.36. The van der Waals surface area contributed by atoms with Gasteiger partial charge in [0.15, 0.2) is 0 Å². The van der Waals surface area contributed by atoms with E-state index in [1.165, 1.54) is 12.1 Å². The van der Waals surface area contributed by atoms with Crippen molar-refractivity contribution in [1.82, 2.24) is 9.78 Å². The third-order valence-corrected chi connectivity index (χ3v) is 3.25. The van der Waals surface area contributed by atoms with E-state index >= 15 is 0 Å². The van der Waals surface area contributed by atoms with Crippen LogP contribution in [0.1, 0.15) is 17.0 Å². The van der Waals surface area contributed by atoms with Gasteiger partial charge in [-0.2, -0.15) is 5.10 Å². The number of alkyl halides is 1. The number of halogens is 2. The zero-order valence-corrected chi connectivity index (χ0v) is 11.9. The molecule has 0 aliphatic heterocycles. The first kappa shape index (κ1) is 13.1. The van der Waals surface area contributed by atoms with Gasteiger partial charge in [-0.25, -0.2) is 4.39 Å². The third-order valence-electron chi connectivity index (χ3n) is 2.64. The van der Waals surface area contributed by atoms with Gasteiger partial charge in [-0.15, -0.1) is 0 Å². The van der Waals surface area contributed by atoms with Crippen molar-refractivity contribution in [2.75, 3.05) is 0 Å². The molecular weight excluding hydrogens is 299 g/mol. The summed E-state index contributed by atoms with van der Waals surface area (Å²) >= 11 is 3.32. The molecule has 0 bridgehead atoms. The van der Waals surface area contributed by atoms with Gasteiger partial charge in [0.2, 0.25) is 0 Å². The summed E-state index contributed by atoms with van der Waals surface area (Å²) < 4.78 is 20.6. The second-order valence-electron chi connectivity index (χ2n) is 4.08. The van der Waals surface area contributed by atoms with E-state index in [0.29, 0.717) is 17.7 Å². The first-order valence-corrected chi connectivity index (χ1v) is 6.69. The summed E-state index contributed by atoms with van der Waals surface area (Å²) in [7, 11) is 1.88. The van der Waals surface area contributed by atoms with Crippen molar-refractivity contribution < 1.29 is 9.13 Å². The summed E-state index contributed by atoms with van der Waals surface area (Å²) in [4.78, 5) is 0. The third kappa shape index (κ3) is 2.90. The molecule has 2 rings (SSSR count). The lowest BCUT2D eigenvalue weighted by molar-refractivity contribution is 0.292. The molecule has 0 aliphatic carbocycles. The molecule has 0 saturated carbocycles. The maximum atomic E-state index is 13.1. The molecule has 2 aromatic rings.